The highest BCUT2D eigenvalue weighted by atomic mass is 16.6. The predicted molar refractivity (Wildman–Crippen MR) is 81.1 cm³/mol. The second-order valence-electron chi connectivity index (χ2n) is 4.45. The highest BCUT2D eigenvalue weighted by Gasteiger charge is 2.11. The Kier molecular flexibility index (Phi) is 4.94. The number of nitrogens with zero attached hydrogens (tertiary/aromatic N) is 2. The number of aryl methyl sites for hydroxylation is 1. The van der Waals surface area contributed by atoms with Crippen LogP contribution in [0.1, 0.15) is 16.7 Å². The summed E-state index contributed by atoms with van der Waals surface area (Å²) in [4.78, 5) is 4.70. The van der Waals surface area contributed by atoms with Crippen LogP contribution in [0.2, 0.25) is 0 Å². The summed E-state index contributed by atoms with van der Waals surface area (Å²) in [5.41, 5.74) is 3.09. The molecular formula is C17H16N2O2. The minimum absolute atomic E-state index is 0.192. The van der Waals surface area contributed by atoms with E-state index in [0.717, 1.165) is 5.56 Å². The lowest BCUT2D eigenvalue weighted by molar-refractivity contribution is 0.214. The first-order chi connectivity index (χ1) is 10.3. The number of para-hydroxylation sites is 1. The van der Waals surface area contributed by atoms with Crippen LogP contribution in [-0.2, 0) is 11.4 Å². The van der Waals surface area contributed by atoms with Crippen LogP contribution in [-0.4, -0.2) is 12.8 Å². The van der Waals surface area contributed by atoms with Crippen molar-refractivity contribution in [3.63, 3.8) is 0 Å². The van der Waals surface area contributed by atoms with Crippen LogP contribution in [0.4, 0.5) is 0 Å². The van der Waals surface area contributed by atoms with Gasteiger partial charge in [-0.15, -0.1) is 0 Å². The minimum atomic E-state index is 0.192. The summed E-state index contributed by atoms with van der Waals surface area (Å²) in [6.07, 6.45) is 0. The third kappa shape index (κ3) is 3.61. The molecule has 0 saturated carbocycles. The third-order valence-electron chi connectivity index (χ3n) is 3.08. The summed E-state index contributed by atoms with van der Waals surface area (Å²) in [5.74, 6) is 0.609. The molecule has 0 atom stereocenters. The Balaban J connectivity index is 2.24. The molecule has 2 aromatic rings. The molecule has 0 aromatic heterocycles. The number of nitriles is 1. The molecule has 0 N–H and O–H groups in total. The average Bonchev–Trinajstić information content (AvgIpc) is 2.52. The maximum atomic E-state index is 9.15. The van der Waals surface area contributed by atoms with Gasteiger partial charge in [0.15, 0.2) is 5.71 Å². The molecule has 0 spiro atoms. The summed E-state index contributed by atoms with van der Waals surface area (Å²) >= 11 is 0. The van der Waals surface area contributed by atoms with Gasteiger partial charge in [0.2, 0.25) is 0 Å². The van der Waals surface area contributed by atoms with E-state index in [4.69, 9.17) is 14.8 Å². The zero-order valence-electron chi connectivity index (χ0n) is 12.0. The molecule has 21 heavy (non-hydrogen) atoms. The molecule has 0 aliphatic heterocycles. The molecule has 0 radical (unpaired) electrons. The Morgan fingerprint density at radius 1 is 1.14 bits per heavy atom. The van der Waals surface area contributed by atoms with Crippen LogP contribution in [0.3, 0.4) is 0 Å². The van der Waals surface area contributed by atoms with Gasteiger partial charge in [-0.1, -0.05) is 41.6 Å². The maximum Gasteiger partial charge on any atom is 0.190 e. The van der Waals surface area contributed by atoms with Crippen LogP contribution in [0.15, 0.2) is 53.7 Å². The van der Waals surface area contributed by atoms with Crippen molar-refractivity contribution in [3.05, 3.63) is 65.2 Å². The summed E-state index contributed by atoms with van der Waals surface area (Å²) in [7, 11) is 1.41. The van der Waals surface area contributed by atoms with Crippen molar-refractivity contribution in [2.75, 3.05) is 7.11 Å². The van der Waals surface area contributed by atoms with Crippen molar-refractivity contribution in [2.45, 2.75) is 13.5 Å². The van der Waals surface area contributed by atoms with Crippen molar-refractivity contribution >= 4 is 5.71 Å². The van der Waals surface area contributed by atoms with E-state index in [9.17, 15) is 0 Å². The Labute approximate surface area is 124 Å². The Hall–Kier alpha value is -2.80. The van der Waals surface area contributed by atoms with E-state index in [0.29, 0.717) is 17.9 Å². The van der Waals surface area contributed by atoms with Gasteiger partial charge in [-0.2, -0.15) is 5.26 Å². The molecule has 0 aliphatic carbocycles. The fraction of sp³-hybridized carbons (Fsp3) is 0.176. The molecule has 0 aliphatic rings. The van der Waals surface area contributed by atoms with Gasteiger partial charge >= 0.3 is 0 Å². The van der Waals surface area contributed by atoms with Crippen molar-refractivity contribution in [3.8, 4) is 11.8 Å². The minimum Gasteiger partial charge on any atom is -0.488 e. The highest BCUT2D eigenvalue weighted by molar-refractivity contribution is 6.12. The molecule has 0 amide bonds. The van der Waals surface area contributed by atoms with Gasteiger partial charge in [-0.25, -0.2) is 0 Å². The molecule has 0 saturated heterocycles. The molecule has 0 heterocycles. The topological polar surface area (TPSA) is 54.6 Å². The number of rotatable bonds is 5. The lowest BCUT2D eigenvalue weighted by atomic mass is 10.1. The van der Waals surface area contributed by atoms with E-state index < -0.39 is 0 Å². The first-order valence-corrected chi connectivity index (χ1v) is 6.54. The quantitative estimate of drug-likeness (QED) is 0.622. The number of ether oxygens (including phenoxy) is 1. The Bertz CT molecular complexity index is 687. The fourth-order valence-corrected chi connectivity index (χ4v) is 1.94. The second kappa shape index (κ2) is 7.11. The van der Waals surface area contributed by atoms with Gasteiger partial charge in [0.1, 0.15) is 25.5 Å². The number of hydrogen-bond donors (Lipinski definition) is 0. The van der Waals surface area contributed by atoms with Gasteiger partial charge in [-0.3, -0.25) is 0 Å². The van der Waals surface area contributed by atoms with Crippen LogP contribution < -0.4 is 4.74 Å². The molecule has 0 bridgehead atoms. The first-order valence-electron chi connectivity index (χ1n) is 6.54. The van der Waals surface area contributed by atoms with Crippen LogP contribution in [0.25, 0.3) is 0 Å². The van der Waals surface area contributed by atoms with Gasteiger partial charge < -0.3 is 9.57 Å². The zero-order valence-corrected chi connectivity index (χ0v) is 12.0. The fourth-order valence-electron chi connectivity index (χ4n) is 1.94. The van der Waals surface area contributed by atoms with Crippen molar-refractivity contribution in [1.29, 1.82) is 5.26 Å². The summed E-state index contributed by atoms with van der Waals surface area (Å²) in [6.45, 7) is 2.48. The van der Waals surface area contributed by atoms with Crippen LogP contribution in [0, 0.1) is 18.3 Å². The van der Waals surface area contributed by atoms with Crippen molar-refractivity contribution < 1.29 is 9.57 Å². The van der Waals surface area contributed by atoms with Crippen LogP contribution >= 0.6 is 0 Å². The van der Waals surface area contributed by atoms with E-state index in [1.165, 1.54) is 12.7 Å². The maximum absolute atomic E-state index is 9.15. The SMILES string of the molecule is CO/N=C(/C#N)c1ccccc1OCc1ccccc1C. The molecule has 0 fully saturated rings. The average molecular weight is 280 g/mol. The van der Waals surface area contributed by atoms with Gasteiger partial charge in [0.05, 0.1) is 5.56 Å². The molecule has 106 valence electrons. The van der Waals surface area contributed by atoms with E-state index in [-0.39, 0.29) is 5.71 Å². The molecular weight excluding hydrogens is 264 g/mol. The molecule has 2 aromatic carbocycles. The normalized spacial score (nSPS) is 10.8. The molecule has 2 rings (SSSR count). The van der Waals surface area contributed by atoms with E-state index in [1.54, 1.807) is 6.07 Å². The van der Waals surface area contributed by atoms with E-state index in [1.807, 2.05) is 55.5 Å². The largest absolute Gasteiger partial charge is 0.488 e. The lowest BCUT2D eigenvalue weighted by Crippen LogP contribution is -2.04. The first kappa shape index (κ1) is 14.6. The van der Waals surface area contributed by atoms with Gasteiger partial charge in [0.25, 0.3) is 0 Å². The molecule has 4 nitrogen and oxygen atoms in total. The van der Waals surface area contributed by atoms with Crippen molar-refractivity contribution in [2.24, 2.45) is 5.16 Å². The van der Waals surface area contributed by atoms with Gasteiger partial charge in [0, 0.05) is 0 Å². The highest BCUT2D eigenvalue weighted by Crippen LogP contribution is 2.21. The van der Waals surface area contributed by atoms with Crippen LogP contribution in [0.5, 0.6) is 5.75 Å². The van der Waals surface area contributed by atoms with Crippen molar-refractivity contribution in [1.82, 2.24) is 0 Å². The Morgan fingerprint density at radius 2 is 1.86 bits per heavy atom. The monoisotopic (exact) mass is 280 g/mol. The Morgan fingerprint density at radius 3 is 2.57 bits per heavy atom. The summed E-state index contributed by atoms with van der Waals surface area (Å²) < 4.78 is 5.85. The number of oxime groups is 1. The summed E-state index contributed by atoms with van der Waals surface area (Å²) in [5, 5.41) is 12.9. The smallest absolute Gasteiger partial charge is 0.190 e. The van der Waals surface area contributed by atoms with Gasteiger partial charge in [-0.05, 0) is 30.2 Å². The molecule has 0 unspecified atom stereocenters. The molecule has 4 heteroatoms. The lowest BCUT2D eigenvalue weighted by Gasteiger charge is -2.11. The number of hydrogen-bond acceptors (Lipinski definition) is 4. The third-order valence-corrected chi connectivity index (χ3v) is 3.08. The second-order valence-corrected chi connectivity index (χ2v) is 4.45. The predicted octanol–water partition coefficient (Wildman–Crippen LogP) is 3.45. The standard InChI is InChI=1S/C17H16N2O2/c1-13-7-3-4-8-14(13)12-21-17-10-6-5-9-15(17)16(11-18)19-20-2/h3-10H,12H2,1-2H3/b19-16-. The summed E-state index contributed by atoms with van der Waals surface area (Å²) in [6, 6.07) is 17.3. The number of benzene rings is 2. The van der Waals surface area contributed by atoms with E-state index in [2.05, 4.69) is 5.16 Å². The van der Waals surface area contributed by atoms with E-state index >= 15 is 0 Å². The zero-order chi connectivity index (χ0) is 15.1.